The number of carbonyl (C=O) groups is 1. The number of para-hydroxylation sites is 1. The summed E-state index contributed by atoms with van der Waals surface area (Å²) < 4.78 is 18.6. The Bertz CT molecular complexity index is 658. The molecule has 0 aliphatic rings. The van der Waals surface area contributed by atoms with Gasteiger partial charge in [0.25, 0.3) is 0 Å². The SMILES string of the molecule is Cc1cccc(C(=O)OCc2cc(Cl)ccc2F)c1N. The van der Waals surface area contributed by atoms with Crippen molar-refractivity contribution in [3.8, 4) is 0 Å². The van der Waals surface area contributed by atoms with Crippen LogP contribution in [0.15, 0.2) is 36.4 Å². The maximum Gasteiger partial charge on any atom is 0.340 e. The largest absolute Gasteiger partial charge is 0.457 e. The van der Waals surface area contributed by atoms with E-state index in [1.54, 1.807) is 25.1 Å². The van der Waals surface area contributed by atoms with Gasteiger partial charge in [-0.1, -0.05) is 23.7 Å². The maximum atomic E-state index is 13.5. The van der Waals surface area contributed by atoms with Crippen LogP contribution in [0.2, 0.25) is 5.02 Å². The van der Waals surface area contributed by atoms with E-state index in [0.29, 0.717) is 10.7 Å². The van der Waals surface area contributed by atoms with Crippen LogP contribution in [-0.4, -0.2) is 5.97 Å². The number of rotatable bonds is 3. The first kappa shape index (κ1) is 14.3. The van der Waals surface area contributed by atoms with Crippen LogP contribution < -0.4 is 5.73 Å². The van der Waals surface area contributed by atoms with Gasteiger partial charge in [-0.25, -0.2) is 9.18 Å². The Morgan fingerprint density at radius 2 is 2.10 bits per heavy atom. The van der Waals surface area contributed by atoms with Crippen LogP contribution >= 0.6 is 11.6 Å². The van der Waals surface area contributed by atoms with Crippen LogP contribution in [0.5, 0.6) is 0 Å². The Morgan fingerprint density at radius 1 is 1.35 bits per heavy atom. The molecule has 0 spiro atoms. The van der Waals surface area contributed by atoms with Crippen LogP contribution in [0.4, 0.5) is 10.1 Å². The van der Waals surface area contributed by atoms with E-state index < -0.39 is 11.8 Å². The molecular formula is C15H13ClFNO2. The molecule has 2 aromatic rings. The number of ether oxygens (including phenoxy) is 1. The van der Waals surface area contributed by atoms with Gasteiger partial charge in [0, 0.05) is 16.3 Å². The highest BCUT2D eigenvalue weighted by Gasteiger charge is 2.13. The second-order valence-electron chi connectivity index (χ2n) is 4.35. The summed E-state index contributed by atoms with van der Waals surface area (Å²) in [5, 5.41) is 0.382. The first-order valence-corrected chi connectivity index (χ1v) is 6.33. The number of nitrogen functional groups attached to an aromatic ring is 1. The summed E-state index contributed by atoms with van der Waals surface area (Å²) in [5.74, 6) is -1.06. The van der Waals surface area contributed by atoms with Crippen LogP contribution in [-0.2, 0) is 11.3 Å². The fourth-order valence-corrected chi connectivity index (χ4v) is 1.93. The van der Waals surface area contributed by atoms with E-state index in [9.17, 15) is 9.18 Å². The average molecular weight is 294 g/mol. The smallest absolute Gasteiger partial charge is 0.340 e. The third kappa shape index (κ3) is 3.08. The first-order chi connectivity index (χ1) is 9.49. The Labute approximate surface area is 121 Å². The predicted octanol–water partition coefficient (Wildman–Crippen LogP) is 3.73. The number of hydrogen-bond donors (Lipinski definition) is 1. The van der Waals surface area contributed by atoms with E-state index in [2.05, 4.69) is 0 Å². The van der Waals surface area contributed by atoms with E-state index in [0.717, 1.165) is 5.56 Å². The van der Waals surface area contributed by atoms with Gasteiger partial charge >= 0.3 is 5.97 Å². The number of hydrogen-bond acceptors (Lipinski definition) is 3. The highest BCUT2D eigenvalue weighted by atomic mass is 35.5. The van der Waals surface area contributed by atoms with E-state index in [4.69, 9.17) is 22.1 Å². The zero-order chi connectivity index (χ0) is 14.7. The molecule has 0 saturated carbocycles. The van der Waals surface area contributed by atoms with Crippen molar-refractivity contribution in [3.63, 3.8) is 0 Å². The minimum absolute atomic E-state index is 0.196. The van der Waals surface area contributed by atoms with Gasteiger partial charge in [-0.3, -0.25) is 0 Å². The third-order valence-corrected chi connectivity index (χ3v) is 3.15. The summed E-state index contributed by atoms with van der Waals surface area (Å²) in [6, 6.07) is 9.15. The lowest BCUT2D eigenvalue weighted by Gasteiger charge is -2.09. The van der Waals surface area contributed by atoms with Crippen molar-refractivity contribution >= 4 is 23.3 Å². The molecule has 0 radical (unpaired) electrons. The molecule has 0 aliphatic heterocycles. The lowest BCUT2D eigenvalue weighted by Crippen LogP contribution is -2.09. The van der Waals surface area contributed by atoms with Crippen molar-refractivity contribution in [3.05, 3.63) is 63.9 Å². The fourth-order valence-electron chi connectivity index (χ4n) is 1.73. The number of carbonyl (C=O) groups excluding carboxylic acids is 1. The van der Waals surface area contributed by atoms with Gasteiger partial charge in [-0.2, -0.15) is 0 Å². The van der Waals surface area contributed by atoms with Crippen molar-refractivity contribution in [2.24, 2.45) is 0 Å². The average Bonchev–Trinajstić information content (AvgIpc) is 2.42. The van der Waals surface area contributed by atoms with Crippen molar-refractivity contribution in [2.45, 2.75) is 13.5 Å². The van der Waals surface area contributed by atoms with Gasteiger partial charge in [0.05, 0.1) is 5.56 Å². The lowest BCUT2D eigenvalue weighted by molar-refractivity contribution is 0.0470. The van der Waals surface area contributed by atoms with Gasteiger partial charge in [-0.05, 0) is 36.8 Å². The van der Waals surface area contributed by atoms with E-state index in [1.165, 1.54) is 18.2 Å². The molecule has 20 heavy (non-hydrogen) atoms. The quantitative estimate of drug-likeness (QED) is 0.693. The van der Waals surface area contributed by atoms with Crippen LogP contribution in [0.25, 0.3) is 0 Å². The van der Waals surface area contributed by atoms with E-state index >= 15 is 0 Å². The van der Waals surface area contributed by atoms with Gasteiger partial charge < -0.3 is 10.5 Å². The maximum absolute atomic E-state index is 13.5. The molecule has 0 fully saturated rings. The van der Waals surface area contributed by atoms with Crippen LogP contribution in [0, 0.1) is 12.7 Å². The van der Waals surface area contributed by atoms with E-state index in [1.807, 2.05) is 0 Å². The summed E-state index contributed by atoms with van der Waals surface area (Å²) in [4.78, 5) is 11.9. The molecular weight excluding hydrogens is 281 g/mol. The monoisotopic (exact) mass is 293 g/mol. The minimum Gasteiger partial charge on any atom is -0.457 e. The second-order valence-corrected chi connectivity index (χ2v) is 4.78. The van der Waals surface area contributed by atoms with Gasteiger partial charge in [0.2, 0.25) is 0 Å². The van der Waals surface area contributed by atoms with Crippen molar-refractivity contribution < 1.29 is 13.9 Å². The number of nitrogens with two attached hydrogens (primary N) is 1. The second kappa shape index (κ2) is 5.92. The molecule has 2 N–H and O–H groups in total. The van der Waals surface area contributed by atoms with Crippen molar-refractivity contribution in [2.75, 3.05) is 5.73 Å². The van der Waals surface area contributed by atoms with Gasteiger partial charge in [-0.15, -0.1) is 0 Å². The topological polar surface area (TPSA) is 52.3 Å². The molecule has 2 rings (SSSR count). The number of anilines is 1. The summed E-state index contributed by atoms with van der Waals surface area (Å²) in [6.45, 7) is 1.60. The zero-order valence-electron chi connectivity index (χ0n) is 10.8. The molecule has 0 aromatic heterocycles. The highest BCUT2D eigenvalue weighted by molar-refractivity contribution is 6.30. The zero-order valence-corrected chi connectivity index (χ0v) is 11.6. The van der Waals surface area contributed by atoms with Gasteiger partial charge in [0.15, 0.2) is 0 Å². The summed E-state index contributed by atoms with van der Waals surface area (Å²) >= 11 is 5.77. The van der Waals surface area contributed by atoms with Crippen LogP contribution in [0.3, 0.4) is 0 Å². The molecule has 0 aliphatic carbocycles. The molecule has 0 heterocycles. The molecule has 5 heteroatoms. The molecule has 2 aromatic carbocycles. The standard InChI is InChI=1S/C15H13ClFNO2/c1-9-3-2-4-12(14(9)18)15(19)20-8-10-7-11(16)5-6-13(10)17/h2-7H,8,18H2,1H3. The molecule has 104 valence electrons. The third-order valence-electron chi connectivity index (χ3n) is 2.91. The number of esters is 1. The summed E-state index contributed by atoms with van der Waals surface area (Å²) in [6.07, 6.45) is 0. The van der Waals surface area contributed by atoms with Gasteiger partial charge in [0.1, 0.15) is 12.4 Å². The van der Waals surface area contributed by atoms with Crippen molar-refractivity contribution in [1.82, 2.24) is 0 Å². The number of halogens is 2. The molecule has 0 amide bonds. The molecule has 0 saturated heterocycles. The predicted molar refractivity (Wildman–Crippen MR) is 76.1 cm³/mol. The number of benzene rings is 2. The minimum atomic E-state index is -0.592. The molecule has 0 bridgehead atoms. The molecule has 0 unspecified atom stereocenters. The molecule has 0 atom stereocenters. The number of aryl methyl sites for hydroxylation is 1. The Kier molecular flexibility index (Phi) is 4.25. The fraction of sp³-hybridized carbons (Fsp3) is 0.133. The van der Waals surface area contributed by atoms with E-state index in [-0.39, 0.29) is 17.7 Å². The molecule has 3 nitrogen and oxygen atoms in total. The Hall–Kier alpha value is -2.07. The highest BCUT2D eigenvalue weighted by Crippen LogP contribution is 2.19. The normalized spacial score (nSPS) is 10.3. The Balaban J connectivity index is 2.13. The lowest BCUT2D eigenvalue weighted by atomic mass is 10.1. The summed E-state index contributed by atoms with van der Waals surface area (Å²) in [7, 11) is 0. The first-order valence-electron chi connectivity index (χ1n) is 5.95. The van der Waals surface area contributed by atoms with Crippen molar-refractivity contribution in [1.29, 1.82) is 0 Å². The summed E-state index contributed by atoms with van der Waals surface area (Å²) in [5.41, 5.74) is 7.45. The van der Waals surface area contributed by atoms with Crippen LogP contribution in [0.1, 0.15) is 21.5 Å². The Morgan fingerprint density at radius 3 is 2.85 bits per heavy atom.